The second kappa shape index (κ2) is 6.67. The standard InChI is InChI=1S/Ag.Mo.H2O3Se/c;;1-4(2)3/h;;(H2,1,2,3)/q;+1;/p-1. The van der Waals surface area contributed by atoms with Crippen LogP contribution in [0.1, 0.15) is 0 Å². The monoisotopic (exact) mass is 334 g/mol. The second-order valence-electron chi connectivity index (χ2n) is 0.285. The van der Waals surface area contributed by atoms with Gasteiger partial charge in [-0.15, -0.1) is 0 Å². The summed E-state index contributed by atoms with van der Waals surface area (Å²) in [6.07, 6.45) is 0. The fraction of sp³-hybridized carbons (Fsp3) is 0. The molecule has 0 saturated carbocycles. The summed E-state index contributed by atoms with van der Waals surface area (Å²) >= 11 is -1.66. The fourth-order valence-electron chi connectivity index (χ4n) is 0. The summed E-state index contributed by atoms with van der Waals surface area (Å²) in [7, 11) is 0. The van der Waals surface area contributed by atoms with E-state index in [4.69, 9.17) is 4.19 Å². The molecule has 1 radical (unpaired) electrons. The van der Waals surface area contributed by atoms with Gasteiger partial charge in [0.05, 0.1) is 0 Å². The van der Waals surface area contributed by atoms with Crippen molar-refractivity contribution in [1.29, 1.82) is 0 Å². The van der Waals surface area contributed by atoms with E-state index in [0.29, 0.717) is 0 Å². The Kier molecular flexibility index (Phi) is 11.8. The molecule has 0 rings (SSSR count). The van der Waals surface area contributed by atoms with Crippen molar-refractivity contribution in [3.8, 4) is 0 Å². The van der Waals surface area contributed by atoms with Crippen molar-refractivity contribution in [3.63, 3.8) is 0 Å². The molecule has 0 bridgehead atoms. The second-order valence-corrected chi connectivity index (χ2v) is 3.22. The SMILES string of the molecule is O=[Se](O)[O][Mo].[Ag]. The Labute approximate surface area is 67.0 Å². The first-order valence-electron chi connectivity index (χ1n) is 0.683. The summed E-state index contributed by atoms with van der Waals surface area (Å²) in [5.41, 5.74) is 0. The largest absolute Gasteiger partial charge is 0 e. The quantitative estimate of drug-likeness (QED) is 0.619. The number of hydrogen-bond donors (Lipinski definition) is 1. The third-order valence-electron chi connectivity index (χ3n) is 0.0582. The van der Waals surface area contributed by atoms with Gasteiger partial charge in [0.15, 0.2) is 0 Å². The van der Waals surface area contributed by atoms with Gasteiger partial charge >= 0.3 is 45.2 Å². The van der Waals surface area contributed by atoms with Crippen LogP contribution >= 0.6 is 0 Å². The Morgan fingerprint density at radius 1 is 1.83 bits per heavy atom. The molecule has 6 heavy (non-hydrogen) atoms. The minimum absolute atomic E-state index is 0. The van der Waals surface area contributed by atoms with Crippen molar-refractivity contribution in [1.82, 2.24) is 0 Å². The Bertz CT molecular complexity index is 46.1. The van der Waals surface area contributed by atoms with Gasteiger partial charge in [0.1, 0.15) is 0 Å². The summed E-state index contributed by atoms with van der Waals surface area (Å²) < 4.78 is 21.0. The van der Waals surface area contributed by atoms with Crippen molar-refractivity contribution >= 4 is 14.5 Å². The zero-order valence-electron chi connectivity index (χ0n) is 2.38. The van der Waals surface area contributed by atoms with Gasteiger partial charge in [-0.1, -0.05) is 0 Å². The molecule has 0 aliphatic heterocycles. The molecule has 0 aliphatic carbocycles. The zero-order valence-corrected chi connectivity index (χ0v) is 7.58. The first-order chi connectivity index (χ1) is 2.27. The number of rotatable bonds is 1. The van der Waals surface area contributed by atoms with E-state index in [1.165, 1.54) is 0 Å². The average molecular weight is 332 g/mol. The molecule has 0 aromatic heterocycles. The van der Waals surface area contributed by atoms with E-state index in [9.17, 15) is 3.83 Å². The average Bonchev–Trinajstić information content (AvgIpc) is 1.38. The van der Waals surface area contributed by atoms with E-state index >= 15 is 0 Å². The van der Waals surface area contributed by atoms with Crippen molar-refractivity contribution < 1.29 is 53.1 Å². The van der Waals surface area contributed by atoms with E-state index in [2.05, 4.69) is 2.47 Å². The third-order valence-corrected chi connectivity index (χ3v) is 1.79. The molecule has 6 heteroatoms. The first kappa shape index (κ1) is 10.6. The van der Waals surface area contributed by atoms with Crippen LogP contribution in [0.15, 0.2) is 0 Å². The molecular weight excluding hydrogens is 331 g/mol. The molecule has 0 aromatic rings. The fourth-order valence-corrected chi connectivity index (χ4v) is 0. The zero-order chi connectivity index (χ0) is 4.28. The van der Waals surface area contributed by atoms with Gasteiger partial charge in [0, 0.05) is 22.4 Å². The molecule has 0 fully saturated rings. The van der Waals surface area contributed by atoms with Crippen LogP contribution in [0.4, 0.5) is 0 Å². The normalized spacial score (nSPS) is 12.2. The maximum Gasteiger partial charge on any atom is 0 e. The molecule has 42 valence electrons. The maximum absolute atomic E-state index is 9.36. The molecule has 3 nitrogen and oxygen atoms in total. The van der Waals surface area contributed by atoms with Crippen molar-refractivity contribution in [2.75, 3.05) is 0 Å². The van der Waals surface area contributed by atoms with E-state index < -0.39 is 14.5 Å². The Morgan fingerprint density at radius 3 is 2.00 bits per heavy atom. The summed E-state index contributed by atoms with van der Waals surface area (Å²) in [5.74, 6) is 0. The third kappa shape index (κ3) is 9.18. The van der Waals surface area contributed by atoms with Crippen molar-refractivity contribution in [3.05, 3.63) is 0 Å². The smallest absolute Gasteiger partial charge is 0 e. The molecular formula is HAgMoO3Se. The van der Waals surface area contributed by atoms with Crippen LogP contribution in [0.3, 0.4) is 0 Å². The van der Waals surface area contributed by atoms with E-state index in [0.717, 1.165) is 20.2 Å². The van der Waals surface area contributed by atoms with Crippen LogP contribution in [0.25, 0.3) is 0 Å². The Balaban J connectivity index is 0. The van der Waals surface area contributed by atoms with Gasteiger partial charge < -0.3 is 0 Å². The predicted octanol–water partition coefficient (Wildman–Crippen LogP) is -1.13. The van der Waals surface area contributed by atoms with Gasteiger partial charge in [0.25, 0.3) is 0 Å². The van der Waals surface area contributed by atoms with Crippen LogP contribution in [-0.2, 0) is 48.9 Å². The van der Waals surface area contributed by atoms with Gasteiger partial charge in [-0.25, -0.2) is 0 Å². The number of hydrogen-bond acceptors (Lipinski definition) is 2. The van der Waals surface area contributed by atoms with Crippen LogP contribution in [0.5, 0.6) is 0 Å². The van der Waals surface area contributed by atoms with E-state index in [1.54, 1.807) is 0 Å². The maximum atomic E-state index is 9.36. The molecule has 0 amide bonds. The summed E-state index contributed by atoms with van der Waals surface area (Å²) in [6.45, 7) is 0. The molecule has 1 N–H and O–H groups in total. The molecule has 0 heterocycles. The first-order valence-corrected chi connectivity index (χ1v) is 3.67. The van der Waals surface area contributed by atoms with Gasteiger partial charge in [-0.3, -0.25) is 0 Å². The molecule has 0 saturated heterocycles. The van der Waals surface area contributed by atoms with Gasteiger partial charge in [-0.05, 0) is 0 Å². The van der Waals surface area contributed by atoms with Crippen molar-refractivity contribution in [2.45, 2.75) is 0 Å². The van der Waals surface area contributed by atoms with E-state index in [-0.39, 0.29) is 22.4 Å². The molecule has 0 aliphatic rings. The molecule has 0 aromatic carbocycles. The van der Waals surface area contributed by atoms with E-state index in [1.807, 2.05) is 0 Å². The topological polar surface area (TPSA) is 46.5 Å². The van der Waals surface area contributed by atoms with Gasteiger partial charge in [0.2, 0.25) is 0 Å². The van der Waals surface area contributed by atoms with Crippen LogP contribution < -0.4 is 0 Å². The minimum atomic E-state index is -2.79. The Hall–Kier alpha value is 1.67. The van der Waals surface area contributed by atoms with Gasteiger partial charge in [-0.2, -0.15) is 0 Å². The molecule has 1 unspecified atom stereocenters. The predicted molar refractivity (Wildman–Crippen MR) is 9.74 cm³/mol. The molecule has 1 atom stereocenters. The molecule has 0 spiro atoms. The summed E-state index contributed by atoms with van der Waals surface area (Å²) in [4.78, 5) is 0. The van der Waals surface area contributed by atoms with Crippen molar-refractivity contribution in [2.24, 2.45) is 0 Å². The minimum Gasteiger partial charge on any atom is 0 e. The van der Waals surface area contributed by atoms with Crippen LogP contribution in [0.2, 0.25) is 0 Å². The summed E-state index contributed by atoms with van der Waals surface area (Å²) in [5, 5.41) is 0. The Morgan fingerprint density at radius 2 is 2.00 bits per heavy atom. The summed E-state index contributed by atoms with van der Waals surface area (Å²) in [6, 6.07) is 0. The van der Waals surface area contributed by atoms with Crippen LogP contribution in [-0.4, -0.2) is 18.7 Å². The van der Waals surface area contributed by atoms with Crippen LogP contribution in [0, 0.1) is 0 Å².